The zero-order valence-corrected chi connectivity index (χ0v) is 13.0. The molecule has 8 heteroatoms. The second-order valence-electron chi connectivity index (χ2n) is 5.24. The number of hydrogen-bond donors (Lipinski definition) is 1. The van der Waals surface area contributed by atoms with Crippen molar-refractivity contribution < 1.29 is 19.1 Å². The summed E-state index contributed by atoms with van der Waals surface area (Å²) in [6.07, 6.45) is 0.273. The van der Waals surface area contributed by atoms with E-state index in [1.807, 2.05) is 17.5 Å². The van der Waals surface area contributed by atoms with Crippen LogP contribution < -0.4 is 5.32 Å². The lowest BCUT2D eigenvalue weighted by Crippen LogP contribution is -2.70. The quantitative estimate of drug-likeness (QED) is 0.643. The highest BCUT2D eigenvalue weighted by molar-refractivity contribution is 8.00. The maximum atomic E-state index is 12.3. The topological polar surface area (TPSA) is 75.7 Å². The molecule has 0 aliphatic carbocycles. The number of thiophene rings is 1. The minimum Gasteiger partial charge on any atom is -0.456 e. The summed E-state index contributed by atoms with van der Waals surface area (Å²) in [5.74, 6) is -0.179. The van der Waals surface area contributed by atoms with Crippen LogP contribution in [0.15, 0.2) is 28.8 Å². The van der Waals surface area contributed by atoms with Crippen LogP contribution in [0.25, 0.3) is 0 Å². The number of carbonyl (C=O) groups excluding carboxylic acids is 3. The Bertz CT molecular complexity index is 698. The Kier molecular flexibility index (Phi) is 3.23. The molecule has 4 rings (SSSR count). The summed E-state index contributed by atoms with van der Waals surface area (Å²) in [5.41, 5.74) is 1.25. The van der Waals surface area contributed by atoms with Crippen molar-refractivity contribution in [1.82, 2.24) is 10.2 Å². The molecule has 0 saturated carbocycles. The summed E-state index contributed by atoms with van der Waals surface area (Å²) < 4.78 is 4.98. The number of rotatable bonds is 3. The summed E-state index contributed by atoms with van der Waals surface area (Å²) in [6.45, 7) is 0.271. The Balaban J connectivity index is 1.45. The first-order chi connectivity index (χ1) is 10.6. The molecule has 2 amide bonds. The molecule has 1 aromatic rings. The van der Waals surface area contributed by atoms with Gasteiger partial charge in [0.25, 0.3) is 5.91 Å². The average Bonchev–Trinajstić information content (AvgIpc) is 3.14. The molecule has 3 aliphatic rings. The number of carbonyl (C=O) groups is 3. The predicted molar refractivity (Wildman–Crippen MR) is 81.0 cm³/mol. The molecule has 2 atom stereocenters. The Morgan fingerprint density at radius 3 is 3.09 bits per heavy atom. The Labute approximate surface area is 134 Å². The van der Waals surface area contributed by atoms with Gasteiger partial charge < -0.3 is 10.1 Å². The number of esters is 1. The first kappa shape index (κ1) is 13.8. The summed E-state index contributed by atoms with van der Waals surface area (Å²) in [6, 6.07) is 3.22. The van der Waals surface area contributed by atoms with E-state index in [4.69, 9.17) is 4.74 Å². The Morgan fingerprint density at radius 2 is 2.32 bits per heavy atom. The maximum absolute atomic E-state index is 12.3. The molecule has 1 saturated heterocycles. The molecule has 22 heavy (non-hydrogen) atoms. The number of thioether (sulfide) groups is 1. The number of nitrogens with one attached hydrogen (secondary N) is 1. The zero-order chi connectivity index (χ0) is 15.3. The van der Waals surface area contributed by atoms with Gasteiger partial charge in [-0.1, -0.05) is 6.07 Å². The summed E-state index contributed by atoms with van der Waals surface area (Å²) in [7, 11) is 0. The minimum absolute atomic E-state index is 0.171. The van der Waals surface area contributed by atoms with E-state index in [1.165, 1.54) is 16.2 Å². The van der Waals surface area contributed by atoms with Gasteiger partial charge in [0.05, 0.1) is 6.42 Å². The predicted octanol–water partition coefficient (Wildman–Crippen LogP) is 0.501. The largest absolute Gasteiger partial charge is 0.456 e. The van der Waals surface area contributed by atoms with Gasteiger partial charge in [0.15, 0.2) is 0 Å². The smallest absolute Gasteiger partial charge is 0.355 e. The van der Waals surface area contributed by atoms with Crippen LogP contribution in [0, 0.1) is 0 Å². The van der Waals surface area contributed by atoms with Crippen molar-refractivity contribution in [1.29, 1.82) is 0 Å². The molecule has 0 radical (unpaired) electrons. The van der Waals surface area contributed by atoms with Crippen molar-refractivity contribution in [2.45, 2.75) is 17.8 Å². The number of nitrogens with zero attached hydrogens (tertiary/aromatic N) is 1. The van der Waals surface area contributed by atoms with E-state index in [0.717, 1.165) is 10.5 Å². The molecule has 1 aromatic heterocycles. The monoisotopic (exact) mass is 336 g/mol. The SMILES string of the molecule is O=C(Cc1cccs1)NC1C(=O)N2C3=C(COC3=O)CSC12. The third-order valence-electron chi connectivity index (χ3n) is 3.85. The highest BCUT2D eigenvalue weighted by atomic mass is 32.2. The van der Waals surface area contributed by atoms with Crippen LogP contribution >= 0.6 is 23.1 Å². The molecule has 2 unspecified atom stereocenters. The van der Waals surface area contributed by atoms with Crippen LogP contribution in [0.4, 0.5) is 0 Å². The molecular formula is C14H12N2O4S2. The molecule has 3 aliphatic heterocycles. The Morgan fingerprint density at radius 1 is 1.45 bits per heavy atom. The van der Waals surface area contributed by atoms with Crippen molar-refractivity contribution in [3.8, 4) is 0 Å². The van der Waals surface area contributed by atoms with Gasteiger partial charge in [-0.05, 0) is 11.4 Å². The maximum Gasteiger partial charge on any atom is 0.355 e. The molecule has 4 heterocycles. The molecular weight excluding hydrogens is 324 g/mol. The van der Waals surface area contributed by atoms with Crippen molar-refractivity contribution in [2.75, 3.05) is 12.4 Å². The van der Waals surface area contributed by atoms with Crippen molar-refractivity contribution in [2.24, 2.45) is 0 Å². The first-order valence-corrected chi connectivity index (χ1v) is 8.73. The summed E-state index contributed by atoms with van der Waals surface area (Å²) in [4.78, 5) is 38.5. The molecule has 1 N–H and O–H groups in total. The van der Waals surface area contributed by atoms with Crippen LogP contribution in [0.5, 0.6) is 0 Å². The van der Waals surface area contributed by atoms with Gasteiger partial charge in [0.2, 0.25) is 5.91 Å². The van der Waals surface area contributed by atoms with E-state index >= 15 is 0 Å². The minimum atomic E-state index is -0.556. The molecule has 1 fully saturated rings. The van der Waals surface area contributed by atoms with Crippen molar-refractivity contribution in [3.63, 3.8) is 0 Å². The number of amides is 2. The standard InChI is InChI=1S/C14H12N2O4S2/c17-9(4-8-2-1-3-21-8)15-10-12(18)16-11-7(5-20-14(11)19)6-22-13(10)16/h1-3,10,13H,4-6H2,(H,15,17). The third-order valence-corrected chi connectivity index (χ3v) is 6.07. The molecule has 6 nitrogen and oxygen atoms in total. The fourth-order valence-electron chi connectivity index (χ4n) is 2.80. The number of hydrogen-bond acceptors (Lipinski definition) is 6. The second kappa shape index (κ2) is 5.13. The second-order valence-corrected chi connectivity index (χ2v) is 7.38. The van der Waals surface area contributed by atoms with Gasteiger partial charge in [-0.25, -0.2) is 4.79 Å². The molecule has 0 bridgehead atoms. The van der Waals surface area contributed by atoms with Crippen LogP contribution in [0.3, 0.4) is 0 Å². The van der Waals surface area contributed by atoms with Gasteiger partial charge in [-0.15, -0.1) is 23.1 Å². The number of cyclic esters (lactones) is 1. The highest BCUT2D eigenvalue weighted by Crippen LogP contribution is 2.42. The fraction of sp³-hybridized carbons (Fsp3) is 0.357. The van der Waals surface area contributed by atoms with Crippen LogP contribution in [0.2, 0.25) is 0 Å². The van der Waals surface area contributed by atoms with E-state index < -0.39 is 12.0 Å². The number of β-lactam (4-membered cyclic amide) rings is 1. The fourth-order valence-corrected chi connectivity index (χ4v) is 4.83. The van der Waals surface area contributed by atoms with E-state index in [9.17, 15) is 14.4 Å². The van der Waals surface area contributed by atoms with Crippen molar-refractivity contribution in [3.05, 3.63) is 33.7 Å². The highest BCUT2D eigenvalue weighted by Gasteiger charge is 2.55. The zero-order valence-electron chi connectivity index (χ0n) is 11.4. The lowest BCUT2D eigenvalue weighted by molar-refractivity contribution is -0.150. The Hall–Kier alpha value is -1.80. The lowest BCUT2D eigenvalue weighted by Gasteiger charge is -2.48. The third kappa shape index (κ3) is 2.05. The average molecular weight is 336 g/mol. The van der Waals surface area contributed by atoms with Gasteiger partial charge >= 0.3 is 5.97 Å². The van der Waals surface area contributed by atoms with Crippen LogP contribution in [-0.2, 0) is 25.5 Å². The summed E-state index contributed by atoms with van der Waals surface area (Å²) >= 11 is 3.07. The van der Waals surface area contributed by atoms with Gasteiger partial charge in [-0.2, -0.15) is 0 Å². The van der Waals surface area contributed by atoms with E-state index in [2.05, 4.69) is 5.32 Å². The number of ether oxygens (including phenoxy) is 1. The molecule has 114 valence electrons. The van der Waals surface area contributed by atoms with Crippen molar-refractivity contribution >= 4 is 40.9 Å². The van der Waals surface area contributed by atoms with E-state index in [-0.39, 0.29) is 30.2 Å². The lowest BCUT2D eigenvalue weighted by atomic mass is 10.0. The van der Waals surface area contributed by atoms with Gasteiger partial charge in [0, 0.05) is 16.2 Å². The molecule has 0 aromatic carbocycles. The van der Waals surface area contributed by atoms with E-state index in [0.29, 0.717) is 11.4 Å². The normalized spacial score (nSPS) is 26.3. The van der Waals surface area contributed by atoms with Gasteiger partial charge in [0.1, 0.15) is 23.7 Å². The van der Waals surface area contributed by atoms with Gasteiger partial charge in [-0.3, -0.25) is 14.5 Å². The van der Waals surface area contributed by atoms with Crippen LogP contribution in [0.1, 0.15) is 4.88 Å². The summed E-state index contributed by atoms with van der Waals surface area (Å²) in [5, 5.41) is 4.49. The molecule has 0 spiro atoms. The van der Waals surface area contributed by atoms with Crippen LogP contribution in [-0.4, -0.2) is 46.5 Å². The number of fused-ring (bicyclic) bond motifs is 2. The first-order valence-electron chi connectivity index (χ1n) is 6.81. The van der Waals surface area contributed by atoms with E-state index in [1.54, 1.807) is 11.8 Å².